The number of nitrogens with two attached hydrogens (primary N) is 2. The van der Waals surface area contributed by atoms with Gasteiger partial charge in [-0.2, -0.15) is 0 Å². The highest BCUT2D eigenvalue weighted by molar-refractivity contribution is 5.96. The third-order valence-electron chi connectivity index (χ3n) is 6.58. The third kappa shape index (κ3) is 7.54. The minimum absolute atomic E-state index is 0.0896. The predicted octanol–water partition coefficient (Wildman–Crippen LogP) is -1.18. The number of nitrogens with zero attached hydrogens (tertiary/aromatic N) is 1. The van der Waals surface area contributed by atoms with E-state index in [4.69, 9.17) is 11.5 Å². The second-order valence-corrected chi connectivity index (χ2v) is 9.42. The fourth-order valence-corrected chi connectivity index (χ4v) is 4.60. The molecule has 1 fully saturated rings. The van der Waals surface area contributed by atoms with E-state index in [9.17, 15) is 39.0 Å². The van der Waals surface area contributed by atoms with Crippen molar-refractivity contribution in [1.82, 2.24) is 20.5 Å². The number of primary amides is 1. The summed E-state index contributed by atoms with van der Waals surface area (Å²) in [5, 5.41) is 24.3. The van der Waals surface area contributed by atoms with Gasteiger partial charge in [0.2, 0.25) is 23.6 Å². The number of para-hydroxylation sites is 1. The van der Waals surface area contributed by atoms with E-state index in [1.165, 1.54) is 0 Å². The van der Waals surface area contributed by atoms with Crippen molar-refractivity contribution >= 4 is 46.5 Å². The molecule has 0 saturated carbocycles. The monoisotopic (exact) mass is 544 g/mol. The van der Waals surface area contributed by atoms with Crippen LogP contribution in [0.1, 0.15) is 37.7 Å². The van der Waals surface area contributed by atoms with E-state index in [0.717, 1.165) is 21.4 Å². The number of carboxylic acid groups (broad SMARTS) is 2. The Bertz CT molecular complexity index is 1260. The van der Waals surface area contributed by atoms with Crippen molar-refractivity contribution in [1.29, 1.82) is 0 Å². The summed E-state index contributed by atoms with van der Waals surface area (Å²) >= 11 is 0. The smallest absolute Gasteiger partial charge is 0.326 e. The number of carbonyl (C=O) groups excluding carboxylic acids is 4. The molecule has 0 bridgehead atoms. The molecule has 1 aromatic heterocycles. The van der Waals surface area contributed by atoms with Crippen LogP contribution in [0.3, 0.4) is 0 Å². The molecule has 2 heterocycles. The molecule has 1 aliphatic rings. The molecular formula is C25H32N6O8. The average molecular weight is 545 g/mol. The first-order valence-electron chi connectivity index (χ1n) is 12.4. The van der Waals surface area contributed by atoms with Gasteiger partial charge in [-0.05, 0) is 37.3 Å². The molecule has 14 nitrogen and oxygen atoms in total. The van der Waals surface area contributed by atoms with Gasteiger partial charge in [-0.1, -0.05) is 18.2 Å². The number of H-pyrrole nitrogens is 1. The summed E-state index contributed by atoms with van der Waals surface area (Å²) in [5.41, 5.74) is 12.9. The van der Waals surface area contributed by atoms with Gasteiger partial charge in [0.15, 0.2) is 0 Å². The van der Waals surface area contributed by atoms with Crippen LogP contribution in [0.2, 0.25) is 0 Å². The van der Waals surface area contributed by atoms with E-state index in [1.807, 2.05) is 24.3 Å². The van der Waals surface area contributed by atoms with E-state index in [-0.39, 0.29) is 32.2 Å². The number of aromatic amines is 1. The maximum atomic E-state index is 13.1. The molecule has 14 heteroatoms. The first-order valence-corrected chi connectivity index (χ1v) is 12.4. The number of amides is 4. The lowest BCUT2D eigenvalue weighted by molar-refractivity contribution is -0.150. The summed E-state index contributed by atoms with van der Waals surface area (Å²) in [6.07, 6.45) is 1.11. The number of carboxylic acids is 2. The first kappa shape index (κ1) is 29.1. The summed E-state index contributed by atoms with van der Waals surface area (Å²) in [7, 11) is 0. The van der Waals surface area contributed by atoms with Crippen LogP contribution in [0.4, 0.5) is 0 Å². The van der Waals surface area contributed by atoms with Crippen LogP contribution in [-0.4, -0.2) is 86.4 Å². The van der Waals surface area contributed by atoms with Crippen LogP contribution in [0, 0.1) is 0 Å². The Hall–Kier alpha value is -4.46. The highest BCUT2D eigenvalue weighted by atomic mass is 16.4. The van der Waals surface area contributed by atoms with E-state index in [0.29, 0.717) is 6.42 Å². The molecule has 1 aliphatic heterocycles. The number of aliphatic carboxylic acids is 2. The van der Waals surface area contributed by atoms with Crippen LogP contribution >= 0.6 is 0 Å². The number of aromatic nitrogens is 1. The molecule has 1 aromatic carbocycles. The maximum absolute atomic E-state index is 13.1. The van der Waals surface area contributed by atoms with E-state index in [1.54, 1.807) is 6.20 Å². The van der Waals surface area contributed by atoms with Gasteiger partial charge < -0.3 is 42.2 Å². The van der Waals surface area contributed by atoms with Gasteiger partial charge in [0.25, 0.3) is 0 Å². The van der Waals surface area contributed by atoms with E-state index >= 15 is 0 Å². The number of benzene rings is 1. The summed E-state index contributed by atoms with van der Waals surface area (Å²) in [6, 6.07) is 2.24. The normalized spacial score (nSPS) is 17.3. The molecule has 4 amide bonds. The van der Waals surface area contributed by atoms with E-state index < -0.39 is 66.2 Å². The number of rotatable bonds is 13. The summed E-state index contributed by atoms with van der Waals surface area (Å²) < 4.78 is 0. The van der Waals surface area contributed by atoms with Crippen molar-refractivity contribution in [3.05, 3.63) is 36.0 Å². The standard InChI is InChI=1S/C25H32N6O8/c26-15(10-13-12-28-16-5-2-1-4-14(13)16)22(35)29-17(7-8-20(27)32)23(36)30-18(11-21(33)34)24(37)31-9-3-6-19(31)25(38)39/h1-2,4-5,12,15,17-19,28H,3,6-11,26H2,(H2,27,32)(H,29,35)(H,30,36)(H,33,34)(H,38,39). The van der Waals surface area contributed by atoms with Crippen LogP contribution in [0.25, 0.3) is 10.9 Å². The Kier molecular flexibility index (Phi) is 9.60. The number of nitrogens with one attached hydrogen (secondary N) is 3. The molecule has 2 aromatic rings. The fraction of sp³-hybridized carbons (Fsp3) is 0.440. The molecule has 4 unspecified atom stereocenters. The summed E-state index contributed by atoms with van der Waals surface area (Å²) in [5.74, 6) is -5.90. The quantitative estimate of drug-likeness (QED) is 0.160. The molecule has 0 spiro atoms. The average Bonchev–Trinajstić information content (AvgIpc) is 3.53. The molecule has 0 radical (unpaired) electrons. The molecule has 9 N–H and O–H groups in total. The number of likely N-dealkylation sites (tertiary alicyclic amines) is 1. The van der Waals surface area contributed by atoms with Crippen LogP contribution in [0.5, 0.6) is 0 Å². The Labute approximate surface area is 223 Å². The molecule has 1 saturated heterocycles. The molecule has 39 heavy (non-hydrogen) atoms. The van der Waals surface area contributed by atoms with Crippen molar-refractivity contribution in [3.63, 3.8) is 0 Å². The Morgan fingerprint density at radius 2 is 1.74 bits per heavy atom. The van der Waals surface area contributed by atoms with Gasteiger partial charge in [-0.15, -0.1) is 0 Å². The third-order valence-corrected chi connectivity index (χ3v) is 6.58. The second kappa shape index (κ2) is 12.9. The van der Waals surface area contributed by atoms with Crippen LogP contribution < -0.4 is 22.1 Å². The SMILES string of the molecule is NC(=O)CCC(NC(=O)C(N)Cc1c[nH]c2ccccc12)C(=O)NC(CC(=O)O)C(=O)N1CCCC1C(=O)O. The topological polar surface area (TPSA) is 238 Å². The molecule has 3 rings (SSSR count). The second-order valence-electron chi connectivity index (χ2n) is 9.42. The van der Waals surface area contributed by atoms with Gasteiger partial charge in [0, 0.05) is 30.1 Å². The molecule has 4 atom stereocenters. The zero-order valence-corrected chi connectivity index (χ0v) is 21.1. The maximum Gasteiger partial charge on any atom is 0.326 e. The highest BCUT2D eigenvalue weighted by Gasteiger charge is 2.39. The molecular weight excluding hydrogens is 512 g/mol. The zero-order chi connectivity index (χ0) is 28.7. The van der Waals surface area contributed by atoms with Crippen LogP contribution in [0.15, 0.2) is 30.5 Å². The number of hydrogen-bond donors (Lipinski definition) is 7. The van der Waals surface area contributed by atoms with Gasteiger partial charge in [0.05, 0.1) is 12.5 Å². The number of carbonyl (C=O) groups is 6. The zero-order valence-electron chi connectivity index (χ0n) is 21.1. The van der Waals surface area contributed by atoms with E-state index in [2.05, 4.69) is 15.6 Å². The lowest BCUT2D eigenvalue weighted by atomic mass is 10.0. The fourth-order valence-electron chi connectivity index (χ4n) is 4.60. The minimum atomic E-state index is -1.59. The number of fused-ring (bicyclic) bond motifs is 1. The number of hydrogen-bond acceptors (Lipinski definition) is 7. The highest BCUT2D eigenvalue weighted by Crippen LogP contribution is 2.20. The lowest BCUT2D eigenvalue weighted by Gasteiger charge is -2.28. The van der Waals surface area contributed by atoms with Crippen molar-refractivity contribution in [3.8, 4) is 0 Å². The Morgan fingerprint density at radius 3 is 2.41 bits per heavy atom. The van der Waals surface area contributed by atoms with Crippen molar-refractivity contribution < 1.29 is 39.0 Å². The summed E-state index contributed by atoms with van der Waals surface area (Å²) in [4.78, 5) is 77.5. The van der Waals surface area contributed by atoms with Gasteiger partial charge in [0.1, 0.15) is 18.1 Å². The van der Waals surface area contributed by atoms with Gasteiger partial charge >= 0.3 is 11.9 Å². The largest absolute Gasteiger partial charge is 0.481 e. The van der Waals surface area contributed by atoms with Crippen LogP contribution in [-0.2, 0) is 35.2 Å². The van der Waals surface area contributed by atoms with Crippen molar-refractivity contribution in [2.24, 2.45) is 11.5 Å². The van der Waals surface area contributed by atoms with Crippen molar-refractivity contribution in [2.75, 3.05) is 6.54 Å². The first-order chi connectivity index (χ1) is 18.5. The lowest BCUT2D eigenvalue weighted by Crippen LogP contribution is -2.57. The summed E-state index contributed by atoms with van der Waals surface area (Å²) in [6.45, 7) is 0.0896. The predicted molar refractivity (Wildman–Crippen MR) is 137 cm³/mol. The van der Waals surface area contributed by atoms with Crippen molar-refractivity contribution in [2.45, 2.75) is 62.7 Å². The Morgan fingerprint density at radius 1 is 1.05 bits per heavy atom. The molecule has 0 aliphatic carbocycles. The minimum Gasteiger partial charge on any atom is -0.481 e. The molecule has 210 valence electrons. The van der Waals surface area contributed by atoms with Gasteiger partial charge in [-0.25, -0.2) is 4.79 Å². The Balaban J connectivity index is 1.73. The van der Waals surface area contributed by atoms with Gasteiger partial charge in [-0.3, -0.25) is 24.0 Å².